The highest BCUT2D eigenvalue weighted by Gasteiger charge is 2.38. The highest BCUT2D eigenvalue weighted by Crippen LogP contribution is 2.31. The van der Waals surface area contributed by atoms with Crippen molar-refractivity contribution in [1.82, 2.24) is 4.90 Å². The zero-order valence-electron chi connectivity index (χ0n) is 12.9. The number of rotatable bonds is 6. The predicted molar refractivity (Wildman–Crippen MR) is 81.2 cm³/mol. The molecule has 1 saturated carbocycles. The number of carboxylic acids is 1. The summed E-state index contributed by atoms with van der Waals surface area (Å²) in [5.74, 6) is -0.886. The van der Waals surface area contributed by atoms with Gasteiger partial charge in [-0.25, -0.2) is 4.79 Å². The maximum absolute atomic E-state index is 12.5. The molecule has 0 saturated heterocycles. The number of hydrogen-bond donors (Lipinski definition) is 1. The zero-order chi connectivity index (χ0) is 15.6. The molecule has 1 N–H and O–H groups in total. The first-order valence-electron chi connectivity index (χ1n) is 7.51. The smallest absolute Gasteiger partial charge is 0.326 e. The van der Waals surface area contributed by atoms with Gasteiger partial charge in [0, 0.05) is 12.5 Å². The summed E-state index contributed by atoms with van der Waals surface area (Å²) in [5, 5.41) is 9.18. The van der Waals surface area contributed by atoms with Crippen molar-refractivity contribution in [1.29, 1.82) is 0 Å². The van der Waals surface area contributed by atoms with E-state index >= 15 is 0 Å². The molecule has 0 radical (unpaired) electrons. The van der Waals surface area contributed by atoms with Crippen LogP contribution in [0.4, 0.5) is 0 Å². The molecule has 2 unspecified atom stereocenters. The van der Waals surface area contributed by atoms with E-state index in [2.05, 4.69) is 0 Å². The summed E-state index contributed by atoms with van der Waals surface area (Å²) in [5.41, 5.74) is 2.33. The summed E-state index contributed by atoms with van der Waals surface area (Å²) in [6, 6.07) is 7.41. The highest BCUT2D eigenvalue weighted by atomic mass is 16.4. The monoisotopic (exact) mass is 289 g/mol. The Morgan fingerprint density at radius 2 is 1.90 bits per heavy atom. The van der Waals surface area contributed by atoms with Crippen LogP contribution in [0.2, 0.25) is 0 Å². The van der Waals surface area contributed by atoms with Crippen molar-refractivity contribution in [2.24, 2.45) is 0 Å². The van der Waals surface area contributed by atoms with E-state index in [1.807, 2.05) is 38.1 Å². The Balaban J connectivity index is 2.08. The average molecular weight is 289 g/mol. The minimum atomic E-state index is -0.932. The van der Waals surface area contributed by atoms with E-state index in [1.54, 1.807) is 11.8 Å². The van der Waals surface area contributed by atoms with E-state index in [9.17, 15) is 14.7 Å². The highest BCUT2D eigenvalue weighted by molar-refractivity contribution is 5.84. The van der Waals surface area contributed by atoms with Crippen molar-refractivity contribution in [2.45, 2.75) is 58.0 Å². The second-order valence-electron chi connectivity index (χ2n) is 6.01. The Hall–Kier alpha value is -1.84. The van der Waals surface area contributed by atoms with Gasteiger partial charge in [-0.2, -0.15) is 0 Å². The van der Waals surface area contributed by atoms with Crippen molar-refractivity contribution >= 4 is 11.9 Å². The summed E-state index contributed by atoms with van der Waals surface area (Å²) in [6.45, 7) is 5.66. The minimum absolute atomic E-state index is 0.0526. The van der Waals surface area contributed by atoms with Gasteiger partial charge in [0.2, 0.25) is 5.91 Å². The second-order valence-corrected chi connectivity index (χ2v) is 6.01. The summed E-state index contributed by atoms with van der Waals surface area (Å²) in [7, 11) is 0. The zero-order valence-corrected chi connectivity index (χ0v) is 12.9. The maximum Gasteiger partial charge on any atom is 0.326 e. The predicted octanol–water partition coefficient (Wildman–Crippen LogP) is 2.95. The van der Waals surface area contributed by atoms with Gasteiger partial charge >= 0.3 is 5.97 Å². The number of hydrogen-bond acceptors (Lipinski definition) is 2. The van der Waals surface area contributed by atoms with E-state index < -0.39 is 12.0 Å². The molecule has 0 bridgehead atoms. The number of carbonyl (C=O) groups is 2. The Kier molecular flexibility index (Phi) is 4.66. The molecule has 1 amide bonds. The van der Waals surface area contributed by atoms with Gasteiger partial charge in [-0.15, -0.1) is 0 Å². The average Bonchev–Trinajstić information content (AvgIpc) is 3.23. The van der Waals surface area contributed by atoms with E-state index in [0.717, 1.165) is 18.4 Å². The van der Waals surface area contributed by atoms with Crippen molar-refractivity contribution in [3.05, 3.63) is 35.4 Å². The molecular formula is C17H23NO3. The van der Waals surface area contributed by atoms with Crippen molar-refractivity contribution in [2.75, 3.05) is 0 Å². The third-order valence-corrected chi connectivity index (χ3v) is 4.20. The topological polar surface area (TPSA) is 57.6 Å². The standard InChI is InChI=1S/C17H23NO3/c1-11-6-4-5-7-15(11)12(2)10-16(19)18(14-8-9-14)13(3)17(20)21/h4-7,12-14H,8-10H2,1-3H3,(H,20,21). The quantitative estimate of drug-likeness (QED) is 0.876. The molecule has 2 atom stereocenters. The molecule has 1 fully saturated rings. The molecule has 1 aliphatic rings. The molecule has 4 nitrogen and oxygen atoms in total. The van der Waals surface area contributed by atoms with Crippen LogP contribution in [0.25, 0.3) is 0 Å². The van der Waals surface area contributed by atoms with Crippen LogP contribution < -0.4 is 0 Å². The fourth-order valence-corrected chi connectivity index (χ4v) is 2.82. The first-order chi connectivity index (χ1) is 9.91. The fraction of sp³-hybridized carbons (Fsp3) is 0.529. The molecule has 0 heterocycles. The molecule has 1 aliphatic carbocycles. The fourth-order valence-electron chi connectivity index (χ4n) is 2.82. The molecule has 0 aromatic heterocycles. The Bertz CT molecular complexity index is 537. The number of aryl methyl sites for hydroxylation is 1. The SMILES string of the molecule is Cc1ccccc1C(C)CC(=O)N(C1CC1)C(C)C(=O)O. The lowest BCUT2D eigenvalue weighted by Crippen LogP contribution is -2.45. The van der Waals surface area contributed by atoms with Crippen LogP contribution in [0.1, 0.15) is 50.2 Å². The molecular weight excluding hydrogens is 266 g/mol. The minimum Gasteiger partial charge on any atom is -0.480 e. The second kappa shape index (κ2) is 6.29. The van der Waals surface area contributed by atoms with Crippen molar-refractivity contribution < 1.29 is 14.7 Å². The molecule has 21 heavy (non-hydrogen) atoms. The molecule has 0 spiro atoms. The molecule has 0 aliphatic heterocycles. The number of carbonyl (C=O) groups excluding carboxylic acids is 1. The Morgan fingerprint density at radius 1 is 1.29 bits per heavy atom. The van der Waals surface area contributed by atoms with E-state index in [-0.39, 0.29) is 17.9 Å². The van der Waals surface area contributed by atoms with Gasteiger partial charge in [-0.05, 0) is 43.7 Å². The van der Waals surface area contributed by atoms with Crippen LogP contribution >= 0.6 is 0 Å². The third-order valence-electron chi connectivity index (χ3n) is 4.20. The van der Waals surface area contributed by atoms with Gasteiger partial charge < -0.3 is 10.0 Å². The first kappa shape index (κ1) is 15.5. The summed E-state index contributed by atoms with van der Waals surface area (Å²) in [6.07, 6.45) is 2.20. The van der Waals surface area contributed by atoms with E-state index in [1.165, 1.54) is 5.56 Å². The molecule has 1 aromatic carbocycles. The van der Waals surface area contributed by atoms with Crippen LogP contribution in [-0.2, 0) is 9.59 Å². The molecule has 114 valence electrons. The van der Waals surface area contributed by atoms with Crippen LogP contribution in [-0.4, -0.2) is 34.0 Å². The van der Waals surface area contributed by atoms with Crippen LogP contribution in [0.5, 0.6) is 0 Å². The van der Waals surface area contributed by atoms with Crippen molar-refractivity contribution in [3.8, 4) is 0 Å². The molecule has 1 aromatic rings. The van der Waals surface area contributed by atoms with Gasteiger partial charge in [0.15, 0.2) is 0 Å². The Morgan fingerprint density at radius 3 is 2.43 bits per heavy atom. The molecule has 2 rings (SSSR count). The Labute approximate surface area is 125 Å². The largest absolute Gasteiger partial charge is 0.480 e. The lowest BCUT2D eigenvalue weighted by molar-refractivity contribution is -0.150. The van der Waals surface area contributed by atoms with Gasteiger partial charge in [0.05, 0.1) is 0 Å². The number of nitrogens with zero attached hydrogens (tertiary/aromatic N) is 1. The summed E-state index contributed by atoms with van der Waals surface area (Å²) in [4.78, 5) is 25.3. The summed E-state index contributed by atoms with van der Waals surface area (Å²) >= 11 is 0. The lowest BCUT2D eigenvalue weighted by atomic mass is 9.93. The van der Waals surface area contributed by atoms with E-state index in [4.69, 9.17) is 0 Å². The maximum atomic E-state index is 12.5. The molecule has 4 heteroatoms. The van der Waals surface area contributed by atoms with Crippen LogP contribution in [0.3, 0.4) is 0 Å². The van der Waals surface area contributed by atoms with Crippen LogP contribution in [0.15, 0.2) is 24.3 Å². The third kappa shape index (κ3) is 3.63. The number of carboxylic acid groups (broad SMARTS) is 1. The normalized spacial score (nSPS) is 17.1. The number of benzene rings is 1. The lowest BCUT2D eigenvalue weighted by Gasteiger charge is -2.28. The van der Waals surface area contributed by atoms with Gasteiger partial charge in [0.25, 0.3) is 0 Å². The van der Waals surface area contributed by atoms with Gasteiger partial charge in [-0.1, -0.05) is 31.2 Å². The van der Waals surface area contributed by atoms with Gasteiger partial charge in [-0.3, -0.25) is 4.79 Å². The van der Waals surface area contributed by atoms with Crippen LogP contribution in [0, 0.1) is 6.92 Å². The van der Waals surface area contributed by atoms with Crippen molar-refractivity contribution in [3.63, 3.8) is 0 Å². The van der Waals surface area contributed by atoms with E-state index in [0.29, 0.717) is 6.42 Å². The summed E-state index contributed by atoms with van der Waals surface area (Å²) < 4.78 is 0. The number of aliphatic carboxylic acids is 1. The number of amides is 1. The first-order valence-corrected chi connectivity index (χ1v) is 7.51. The van der Waals surface area contributed by atoms with Gasteiger partial charge in [0.1, 0.15) is 6.04 Å².